The summed E-state index contributed by atoms with van der Waals surface area (Å²) in [5, 5.41) is 10.8. The maximum Gasteiger partial charge on any atom is 0.0908 e. The normalized spacial score (nSPS) is 10.8. The number of hydrogen-bond acceptors (Lipinski definition) is 2. The Hall–Kier alpha value is -0.220. The first-order valence-electron chi connectivity index (χ1n) is 5.04. The average Bonchev–Trinajstić information content (AvgIpc) is 2.35. The monoisotopic (exact) mass is 355 g/mol. The molecule has 1 aromatic carbocycles. The molecule has 0 spiro atoms. The van der Waals surface area contributed by atoms with E-state index in [0.29, 0.717) is 31.9 Å². The molecule has 0 saturated heterocycles. The summed E-state index contributed by atoms with van der Waals surface area (Å²) in [5.74, 6) is 0. The molecule has 0 radical (unpaired) electrons. The minimum atomic E-state index is -0.299. The van der Waals surface area contributed by atoms with Gasteiger partial charge in [0.15, 0.2) is 0 Å². The predicted molar refractivity (Wildman–Crippen MR) is 80.6 cm³/mol. The van der Waals surface area contributed by atoms with Gasteiger partial charge < -0.3 is 5.11 Å². The zero-order valence-corrected chi connectivity index (χ0v) is 13.0. The summed E-state index contributed by atoms with van der Waals surface area (Å²) >= 11 is 30.0. The molecule has 1 heterocycles. The molecule has 1 aromatic heterocycles. The van der Waals surface area contributed by atoms with Crippen LogP contribution >= 0.6 is 58.0 Å². The van der Waals surface area contributed by atoms with Crippen molar-refractivity contribution in [3.05, 3.63) is 49.0 Å². The molecular weight excluding hydrogens is 351 g/mol. The lowest BCUT2D eigenvalue weighted by Gasteiger charge is -2.11. The molecule has 2 nitrogen and oxygen atoms in total. The Morgan fingerprint density at radius 1 is 0.895 bits per heavy atom. The molecular formula is C12H6Cl5NO. The highest BCUT2D eigenvalue weighted by molar-refractivity contribution is 6.44. The predicted octanol–water partition coefficient (Wildman–Crippen LogP) is 5.51. The summed E-state index contributed by atoms with van der Waals surface area (Å²) in [6.07, 6.45) is 1.40. The Morgan fingerprint density at radius 2 is 1.53 bits per heavy atom. The van der Waals surface area contributed by atoms with Gasteiger partial charge in [0.05, 0.1) is 37.4 Å². The van der Waals surface area contributed by atoms with Gasteiger partial charge in [0.25, 0.3) is 0 Å². The molecule has 0 amide bonds. The molecule has 19 heavy (non-hydrogen) atoms. The van der Waals surface area contributed by atoms with Gasteiger partial charge in [-0.25, -0.2) is 0 Å². The molecule has 7 heteroatoms. The first-order valence-corrected chi connectivity index (χ1v) is 6.93. The number of pyridine rings is 1. The third kappa shape index (κ3) is 2.94. The summed E-state index contributed by atoms with van der Waals surface area (Å²) < 4.78 is 0. The summed E-state index contributed by atoms with van der Waals surface area (Å²) in [7, 11) is 0. The molecule has 0 aliphatic heterocycles. The standard InChI is InChI=1S/C12H6Cl5NO/c13-7-2-9(15)8(14)1-5(7)12-11(17)6(4-19)10(16)3-18-12/h1-3,19H,4H2. The second-order valence-corrected chi connectivity index (χ2v) is 5.66. The highest BCUT2D eigenvalue weighted by Gasteiger charge is 2.16. The molecule has 0 aliphatic rings. The second-order valence-electron chi connectivity index (χ2n) is 3.65. The molecule has 2 rings (SSSR count). The highest BCUT2D eigenvalue weighted by atomic mass is 35.5. The van der Waals surface area contributed by atoms with Crippen LogP contribution in [0.4, 0.5) is 0 Å². The van der Waals surface area contributed by atoms with E-state index >= 15 is 0 Å². The zero-order chi connectivity index (χ0) is 14.2. The van der Waals surface area contributed by atoms with E-state index in [-0.39, 0.29) is 16.7 Å². The lowest BCUT2D eigenvalue weighted by molar-refractivity contribution is 0.282. The summed E-state index contributed by atoms with van der Waals surface area (Å²) in [4.78, 5) is 4.13. The SMILES string of the molecule is OCc1c(Cl)cnc(-c2cc(Cl)c(Cl)cc2Cl)c1Cl. The van der Waals surface area contributed by atoms with Crippen molar-refractivity contribution in [3.63, 3.8) is 0 Å². The van der Waals surface area contributed by atoms with Gasteiger partial charge in [-0.1, -0.05) is 58.0 Å². The Balaban J connectivity index is 2.69. The van der Waals surface area contributed by atoms with E-state index in [9.17, 15) is 5.11 Å². The van der Waals surface area contributed by atoms with Gasteiger partial charge in [-0.3, -0.25) is 4.98 Å². The van der Waals surface area contributed by atoms with Crippen LogP contribution in [-0.4, -0.2) is 10.1 Å². The molecule has 2 aromatic rings. The fourth-order valence-corrected chi connectivity index (χ4v) is 2.74. The summed E-state index contributed by atoms with van der Waals surface area (Å²) in [5.41, 5.74) is 1.29. The van der Waals surface area contributed by atoms with Crippen molar-refractivity contribution in [1.29, 1.82) is 0 Å². The number of halogens is 5. The maximum atomic E-state index is 9.26. The fraction of sp³-hybridized carbons (Fsp3) is 0.0833. The van der Waals surface area contributed by atoms with Crippen LogP contribution in [0.15, 0.2) is 18.3 Å². The molecule has 1 N–H and O–H groups in total. The minimum Gasteiger partial charge on any atom is -0.392 e. The molecule has 0 bridgehead atoms. The minimum absolute atomic E-state index is 0.232. The Kier molecular flexibility index (Phi) is 4.83. The lowest BCUT2D eigenvalue weighted by Crippen LogP contribution is -1.94. The highest BCUT2D eigenvalue weighted by Crippen LogP contribution is 2.39. The van der Waals surface area contributed by atoms with Gasteiger partial charge in [-0.05, 0) is 12.1 Å². The smallest absolute Gasteiger partial charge is 0.0908 e. The van der Waals surface area contributed by atoms with E-state index in [4.69, 9.17) is 58.0 Å². The first-order chi connectivity index (χ1) is 8.95. The third-order valence-electron chi connectivity index (χ3n) is 2.49. The van der Waals surface area contributed by atoms with Crippen molar-refractivity contribution in [3.8, 4) is 11.3 Å². The largest absolute Gasteiger partial charge is 0.392 e. The lowest BCUT2D eigenvalue weighted by atomic mass is 10.1. The van der Waals surface area contributed by atoms with Crippen molar-refractivity contribution in [2.75, 3.05) is 0 Å². The van der Waals surface area contributed by atoms with Crippen molar-refractivity contribution >= 4 is 58.0 Å². The number of hydrogen-bond donors (Lipinski definition) is 1. The Labute approximate surface area is 134 Å². The summed E-state index contributed by atoms with van der Waals surface area (Å²) in [6.45, 7) is -0.299. The van der Waals surface area contributed by atoms with Gasteiger partial charge in [-0.2, -0.15) is 0 Å². The van der Waals surface area contributed by atoms with Crippen LogP contribution in [-0.2, 0) is 6.61 Å². The van der Waals surface area contributed by atoms with E-state index in [2.05, 4.69) is 4.98 Å². The zero-order valence-electron chi connectivity index (χ0n) is 9.22. The van der Waals surface area contributed by atoms with Crippen molar-refractivity contribution in [1.82, 2.24) is 4.98 Å². The number of nitrogens with zero attached hydrogens (tertiary/aromatic N) is 1. The van der Waals surface area contributed by atoms with Gasteiger partial charge >= 0.3 is 0 Å². The molecule has 0 fully saturated rings. The molecule has 0 aliphatic carbocycles. The molecule has 0 saturated carbocycles. The third-order valence-corrected chi connectivity index (χ3v) is 4.26. The Morgan fingerprint density at radius 3 is 2.16 bits per heavy atom. The summed E-state index contributed by atoms with van der Waals surface area (Å²) in [6, 6.07) is 3.07. The van der Waals surface area contributed by atoms with Crippen LogP contribution in [0.5, 0.6) is 0 Å². The fourth-order valence-electron chi connectivity index (χ4n) is 1.54. The van der Waals surface area contributed by atoms with Gasteiger partial charge in [-0.15, -0.1) is 0 Å². The van der Waals surface area contributed by atoms with E-state index < -0.39 is 0 Å². The van der Waals surface area contributed by atoms with Gasteiger partial charge in [0.2, 0.25) is 0 Å². The van der Waals surface area contributed by atoms with Crippen LogP contribution < -0.4 is 0 Å². The van der Waals surface area contributed by atoms with Crippen LogP contribution in [0.1, 0.15) is 5.56 Å². The molecule has 100 valence electrons. The number of aliphatic hydroxyl groups is 1. The van der Waals surface area contributed by atoms with Gasteiger partial charge in [0, 0.05) is 17.3 Å². The van der Waals surface area contributed by atoms with Crippen LogP contribution in [0.3, 0.4) is 0 Å². The quantitative estimate of drug-likeness (QED) is 0.719. The number of rotatable bonds is 2. The van der Waals surface area contributed by atoms with Crippen molar-refractivity contribution < 1.29 is 5.11 Å². The topological polar surface area (TPSA) is 33.1 Å². The number of aromatic nitrogens is 1. The Bertz CT molecular complexity index is 645. The first kappa shape index (κ1) is 15.2. The van der Waals surface area contributed by atoms with E-state index in [1.165, 1.54) is 12.3 Å². The number of aliphatic hydroxyl groups excluding tert-OH is 1. The number of benzene rings is 1. The average molecular weight is 357 g/mol. The van der Waals surface area contributed by atoms with Gasteiger partial charge in [0.1, 0.15) is 0 Å². The maximum absolute atomic E-state index is 9.26. The molecule has 0 unspecified atom stereocenters. The molecule has 0 atom stereocenters. The van der Waals surface area contributed by atoms with Crippen molar-refractivity contribution in [2.24, 2.45) is 0 Å². The van der Waals surface area contributed by atoms with E-state index in [0.717, 1.165) is 0 Å². The van der Waals surface area contributed by atoms with Crippen LogP contribution in [0.2, 0.25) is 25.1 Å². The second kappa shape index (κ2) is 6.04. The van der Waals surface area contributed by atoms with E-state index in [1.54, 1.807) is 6.07 Å². The van der Waals surface area contributed by atoms with Crippen LogP contribution in [0.25, 0.3) is 11.3 Å². The van der Waals surface area contributed by atoms with E-state index in [1.807, 2.05) is 0 Å². The van der Waals surface area contributed by atoms with Crippen molar-refractivity contribution in [2.45, 2.75) is 6.61 Å². The van der Waals surface area contributed by atoms with Crippen LogP contribution in [0, 0.1) is 0 Å².